The van der Waals surface area contributed by atoms with Gasteiger partial charge in [0.05, 0.1) is 12.2 Å². The smallest absolute Gasteiger partial charge is 0.410 e. The minimum atomic E-state index is -0.828. The Kier molecular flexibility index (Phi) is 13.6. The van der Waals surface area contributed by atoms with Crippen molar-refractivity contribution >= 4 is 29.7 Å². The van der Waals surface area contributed by atoms with E-state index in [9.17, 15) is 14.4 Å². The number of halogens is 2. The molecule has 3 aromatic carbocycles. The van der Waals surface area contributed by atoms with Crippen LogP contribution >= 0.6 is 11.6 Å². The molecule has 1 saturated carbocycles. The fourth-order valence-corrected chi connectivity index (χ4v) is 6.52. The topological polar surface area (TPSA) is 129 Å². The minimum absolute atomic E-state index is 0.0564. The third kappa shape index (κ3) is 11.1. The van der Waals surface area contributed by atoms with Gasteiger partial charge in [-0.15, -0.1) is 0 Å². The van der Waals surface area contributed by atoms with E-state index >= 15 is 4.39 Å². The Morgan fingerprint density at radius 3 is 2.15 bits per heavy atom. The Hall–Kier alpha value is -4.35. The van der Waals surface area contributed by atoms with E-state index in [2.05, 4.69) is 5.32 Å². The monoisotopic (exact) mass is 739 g/mol. The zero-order valence-electron chi connectivity index (χ0n) is 31.1. The molecule has 0 bridgehead atoms. The summed E-state index contributed by atoms with van der Waals surface area (Å²) in [5.74, 6) is -2.10. The van der Waals surface area contributed by atoms with Crippen LogP contribution in [0.25, 0.3) is 11.1 Å². The summed E-state index contributed by atoms with van der Waals surface area (Å²) in [7, 11) is 1.51. The lowest BCUT2D eigenvalue weighted by Crippen LogP contribution is -2.49. The zero-order chi connectivity index (χ0) is 38.2. The number of nitrogens with one attached hydrogen (secondary N) is 1. The first-order valence-corrected chi connectivity index (χ1v) is 17.9. The fraction of sp³-hybridized carbons (Fsp3) is 0.475. The molecule has 0 aromatic heterocycles. The molecule has 1 aliphatic rings. The van der Waals surface area contributed by atoms with Crippen LogP contribution in [0.15, 0.2) is 60.7 Å². The number of benzene rings is 3. The summed E-state index contributed by atoms with van der Waals surface area (Å²) in [6.45, 7) is 11.5. The van der Waals surface area contributed by atoms with Crippen molar-refractivity contribution in [1.29, 1.82) is 0 Å². The van der Waals surface area contributed by atoms with Gasteiger partial charge in [-0.1, -0.05) is 48.0 Å². The summed E-state index contributed by atoms with van der Waals surface area (Å²) in [5.41, 5.74) is 6.10. The zero-order valence-corrected chi connectivity index (χ0v) is 31.8. The van der Waals surface area contributed by atoms with Gasteiger partial charge in [-0.25, -0.2) is 14.0 Å². The van der Waals surface area contributed by atoms with Crippen molar-refractivity contribution in [2.45, 2.75) is 96.4 Å². The lowest BCUT2D eigenvalue weighted by Gasteiger charge is -2.39. The average Bonchev–Trinajstić information content (AvgIpc) is 3.05. The van der Waals surface area contributed by atoms with Crippen molar-refractivity contribution in [3.8, 4) is 16.9 Å². The van der Waals surface area contributed by atoms with Gasteiger partial charge in [-0.2, -0.15) is 0 Å². The van der Waals surface area contributed by atoms with Crippen LogP contribution in [0.2, 0.25) is 5.02 Å². The Morgan fingerprint density at radius 1 is 0.904 bits per heavy atom. The first kappa shape index (κ1) is 40.4. The van der Waals surface area contributed by atoms with E-state index < -0.39 is 41.0 Å². The third-order valence-corrected chi connectivity index (χ3v) is 8.98. The van der Waals surface area contributed by atoms with Crippen molar-refractivity contribution < 1.29 is 37.7 Å². The van der Waals surface area contributed by atoms with Crippen LogP contribution in [0, 0.1) is 5.82 Å². The Bertz CT molecular complexity index is 1700. The lowest BCUT2D eigenvalue weighted by atomic mass is 9.86. The summed E-state index contributed by atoms with van der Waals surface area (Å²) >= 11 is 6.74. The number of nitrogens with two attached hydrogens (primary N) is 1. The number of ether oxygens (including phenoxy) is 4. The molecule has 52 heavy (non-hydrogen) atoms. The van der Waals surface area contributed by atoms with Crippen molar-refractivity contribution in [2.75, 3.05) is 26.9 Å². The number of hydrogen-bond acceptors (Lipinski definition) is 7. The van der Waals surface area contributed by atoms with E-state index in [1.54, 1.807) is 17.0 Å². The number of carbonyl (C=O) groups is 3. The molecular formula is C40H51ClFN3O7. The average molecular weight is 740 g/mol. The molecule has 12 heteroatoms. The molecular weight excluding hydrogens is 689 g/mol. The molecule has 1 fully saturated rings. The van der Waals surface area contributed by atoms with Gasteiger partial charge in [-0.05, 0) is 103 Å². The summed E-state index contributed by atoms with van der Waals surface area (Å²) in [6, 6.07) is 17.4. The van der Waals surface area contributed by atoms with E-state index in [0.717, 1.165) is 11.1 Å². The Balaban J connectivity index is 1.74. The van der Waals surface area contributed by atoms with Gasteiger partial charge in [0.1, 0.15) is 17.8 Å². The molecule has 282 valence electrons. The SMILES string of the molecule is COCCOc1ccc(C(N)=O)c(-c2cc(C(CN(C(=O)OC(C)(C)C)C3CCC(NC(=O)OC(C)(C)C)CC3)c3ccccc3)ccc2Cl)c1F. The normalized spacial score (nSPS) is 16.8. The maximum atomic E-state index is 16.2. The van der Waals surface area contributed by atoms with Gasteiger partial charge in [0.15, 0.2) is 11.6 Å². The highest BCUT2D eigenvalue weighted by molar-refractivity contribution is 6.33. The number of amides is 3. The molecule has 0 aliphatic heterocycles. The number of alkyl carbamates (subject to hydrolysis) is 1. The maximum Gasteiger partial charge on any atom is 0.410 e. The number of primary amides is 1. The van der Waals surface area contributed by atoms with Gasteiger partial charge in [-0.3, -0.25) is 4.79 Å². The van der Waals surface area contributed by atoms with Crippen LogP contribution in [0.3, 0.4) is 0 Å². The van der Waals surface area contributed by atoms with Gasteiger partial charge in [0, 0.05) is 47.8 Å². The number of carbonyl (C=O) groups excluding carboxylic acids is 3. The molecule has 10 nitrogen and oxygen atoms in total. The van der Waals surface area contributed by atoms with Crippen LogP contribution in [-0.2, 0) is 14.2 Å². The highest BCUT2D eigenvalue weighted by Gasteiger charge is 2.35. The standard InChI is InChI=1S/C40H51ClFN3O7/c1-39(2,3)51-37(47)44-27-14-16-28(17-15-27)45(38(48)52-40(4,5)6)24-31(25-11-9-8-10-12-25)26-13-19-32(41)30(23-26)34-29(36(43)46)18-20-33(35(34)42)50-22-21-49-7/h8-13,18-20,23,27-28,31H,14-17,21-22,24H2,1-7H3,(H2,43,46)(H,44,47). The van der Waals surface area contributed by atoms with Gasteiger partial charge >= 0.3 is 12.2 Å². The summed E-state index contributed by atoms with van der Waals surface area (Å²) in [6.07, 6.45) is 1.59. The van der Waals surface area contributed by atoms with Crippen LogP contribution in [0.1, 0.15) is 94.6 Å². The lowest BCUT2D eigenvalue weighted by molar-refractivity contribution is 0.00940. The summed E-state index contributed by atoms with van der Waals surface area (Å²) < 4.78 is 38.3. The second-order valence-electron chi connectivity index (χ2n) is 15.0. The molecule has 3 N–H and O–H groups in total. The van der Waals surface area contributed by atoms with E-state index in [0.29, 0.717) is 25.7 Å². The molecule has 0 saturated heterocycles. The van der Waals surface area contributed by atoms with Crippen LogP contribution in [0.4, 0.5) is 14.0 Å². The Labute approximate surface area is 311 Å². The predicted octanol–water partition coefficient (Wildman–Crippen LogP) is 8.48. The molecule has 3 aromatic rings. The van der Waals surface area contributed by atoms with E-state index in [1.807, 2.05) is 77.9 Å². The second kappa shape index (κ2) is 17.4. The number of hydrogen-bond donors (Lipinski definition) is 2. The highest BCUT2D eigenvalue weighted by atomic mass is 35.5. The van der Waals surface area contributed by atoms with Crippen molar-refractivity contribution in [3.05, 3.63) is 88.2 Å². The molecule has 0 radical (unpaired) electrons. The molecule has 1 aliphatic carbocycles. The van der Waals surface area contributed by atoms with E-state index in [1.165, 1.54) is 19.2 Å². The second-order valence-corrected chi connectivity index (χ2v) is 15.4. The first-order chi connectivity index (χ1) is 24.5. The van der Waals surface area contributed by atoms with Crippen molar-refractivity contribution in [1.82, 2.24) is 10.2 Å². The van der Waals surface area contributed by atoms with Gasteiger partial charge in [0.2, 0.25) is 5.91 Å². The first-order valence-electron chi connectivity index (χ1n) is 17.5. The Morgan fingerprint density at radius 2 is 1.56 bits per heavy atom. The predicted molar refractivity (Wildman–Crippen MR) is 199 cm³/mol. The maximum absolute atomic E-state index is 16.2. The molecule has 0 spiro atoms. The third-order valence-electron chi connectivity index (χ3n) is 8.65. The van der Waals surface area contributed by atoms with Crippen LogP contribution in [-0.4, -0.2) is 73.1 Å². The largest absolute Gasteiger partial charge is 0.488 e. The number of methoxy groups -OCH3 is 1. The van der Waals surface area contributed by atoms with Gasteiger partial charge in [0.25, 0.3) is 0 Å². The van der Waals surface area contributed by atoms with Gasteiger partial charge < -0.3 is 34.9 Å². The van der Waals surface area contributed by atoms with Crippen LogP contribution in [0.5, 0.6) is 5.75 Å². The summed E-state index contributed by atoms with van der Waals surface area (Å²) in [4.78, 5) is 40.8. The van der Waals surface area contributed by atoms with E-state index in [4.69, 9.17) is 36.3 Å². The summed E-state index contributed by atoms with van der Waals surface area (Å²) in [5, 5.41) is 3.17. The van der Waals surface area contributed by atoms with Crippen molar-refractivity contribution in [3.63, 3.8) is 0 Å². The minimum Gasteiger partial charge on any atom is -0.488 e. The fourth-order valence-electron chi connectivity index (χ4n) is 6.31. The molecule has 3 amide bonds. The number of rotatable bonds is 12. The molecule has 1 atom stereocenters. The van der Waals surface area contributed by atoms with Crippen molar-refractivity contribution in [2.24, 2.45) is 5.73 Å². The number of nitrogens with zero attached hydrogens (tertiary/aromatic N) is 1. The van der Waals surface area contributed by atoms with E-state index in [-0.39, 0.29) is 59.3 Å². The molecule has 0 heterocycles. The molecule has 4 rings (SSSR count). The quantitative estimate of drug-likeness (QED) is 0.178. The highest BCUT2D eigenvalue weighted by Crippen LogP contribution is 2.40. The molecule has 1 unspecified atom stereocenters. The van der Waals surface area contributed by atoms with Crippen LogP contribution < -0.4 is 15.8 Å².